The molecule has 0 radical (unpaired) electrons. The molecule has 1 amide bonds. The highest BCUT2D eigenvalue weighted by atomic mass is 32.2. The number of thioether (sulfide) groups is 1. The summed E-state index contributed by atoms with van der Waals surface area (Å²) in [6.45, 7) is 14.2. The fourth-order valence-corrected chi connectivity index (χ4v) is 6.33. The number of carbonyl (C=O) groups excluding carboxylic acids is 1. The zero-order valence-electron chi connectivity index (χ0n) is 23.7. The van der Waals surface area contributed by atoms with Gasteiger partial charge in [0.25, 0.3) is 5.91 Å². The summed E-state index contributed by atoms with van der Waals surface area (Å²) in [6.07, 6.45) is 4.09. The summed E-state index contributed by atoms with van der Waals surface area (Å²) in [6, 6.07) is 9.76. The predicted octanol–water partition coefficient (Wildman–Crippen LogP) is 9.34. The van der Waals surface area contributed by atoms with Crippen molar-refractivity contribution in [1.82, 2.24) is 14.9 Å². The molecule has 0 aliphatic heterocycles. The number of hydrogen-bond donors (Lipinski definition) is 1. The molecule has 0 atom stereocenters. The molecule has 2 N–H and O–H groups in total. The molecule has 8 heteroatoms. The third-order valence-corrected chi connectivity index (χ3v) is 8.14. The van der Waals surface area contributed by atoms with Gasteiger partial charge in [0.15, 0.2) is 0 Å². The maximum atomic E-state index is 12.5. The van der Waals surface area contributed by atoms with Crippen LogP contribution in [0.1, 0.15) is 71.7 Å². The first-order chi connectivity index (χ1) is 18.0. The lowest BCUT2D eigenvalue weighted by Gasteiger charge is -2.12. The molecule has 1 aromatic carbocycles. The van der Waals surface area contributed by atoms with Gasteiger partial charge in [-0.05, 0) is 41.5 Å². The number of thiazole rings is 1. The Morgan fingerprint density at radius 1 is 1.08 bits per heavy atom. The number of fused-ring (bicyclic) bond motifs is 1. The molecule has 4 rings (SSSR count). The Morgan fingerprint density at radius 3 is 2.38 bits per heavy atom. The highest BCUT2D eigenvalue weighted by molar-refractivity contribution is 8.01. The monoisotopic (exact) mass is 558 g/mol. The molecule has 3 heterocycles. The van der Waals surface area contributed by atoms with Crippen LogP contribution in [-0.2, 0) is 0 Å². The number of nitrogens with zero attached hydrogens (tertiary/aromatic N) is 3. The minimum atomic E-state index is -0.0265. The van der Waals surface area contributed by atoms with E-state index in [1.54, 1.807) is 59.6 Å². The SMILES string of the molecule is CC.CC.CC.CCCCSc1sc2nc(-c3nccs3)cc(-c3cccc(C(=O)N(C)C)c3)c2c1N. The molecular formula is C29H42N4OS3. The van der Waals surface area contributed by atoms with Crippen LogP contribution in [0.15, 0.2) is 46.1 Å². The summed E-state index contributed by atoms with van der Waals surface area (Å²) in [5.41, 5.74) is 10.8. The topological polar surface area (TPSA) is 72.1 Å². The van der Waals surface area contributed by atoms with Gasteiger partial charge in [-0.2, -0.15) is 0 Å². The Balaban J connectivity index is 0.00000106. The van der Waals surface area contributed by atoms with Crippen molar-refractivity contribution >= 4 is 56.2 Å². The second kappa shape index (κ2) is 17.2. The van der Waals surface area contributed by atoms with Crippen molar-refractivity contribution in [1.29, 1.82) is 0 Å². The standard InChI is InChI=1S/C23H24N4OS3.3C2H6/c1-4-5-10-30-23-19(24)18-16(14-7-6-8-15(12-14)22(28)27(2)3)13-17(26-21(18)31-23)20-25-9-11-29-20;3*1-2/h6-9,11-13H,4-5,10,24H2,1-3H3;3*1-2H3. The Bertz CT molecular complexity index is 1220. The van der Waals surface area contributed by atoms with Crippen LogP contribution in [-0.4, -0.2) is 40.6 Å². The van der Waals surface area contributed by atoms with Gasteiger partial charge in [-0.25, -0.2) is 9.97 Å². The Kier molecular flexibility index (Phi) is 15.1. The van der Waals surface area contributed by atoms with Crippen molar-refractivity contribution in [2.45, 2.75) is 65.5 Å². The van der Waals surface area contributed by atoms with Crippen molar-refractivity contribution in [3.8, 4) is 21.8 Å². The number of amides is 1. The Morgan fingerprint density at radius 2 is 1.78 bits per heavy atom. The molecule has 37 heavy (non-hydrogen) atoms. The number of hydrogen-bond acceptors (Lipinski definition) is 7. The Labute approximate surface area is 235 Å². The van der Waals surface area contributed by atoms with Gasteiger partial charge in [0.05, 0.1) is 9.90 Å². The fourth-order valence-electron chi connectivity index (χ4n) is 3.28. The fraction of sp³-hybridized carbons (Fsp3) is 0.414. The minimum absolute atomic E-state index is 0.0265. The first-order valence-electron chi connectivity index (χ1n) is 13.1. The van der Waals surface area contributed by atoms with Gasteiger partial charge in [0.2, 0.25) is 0 Å². The van der Waals surface area contributed by atoms with Crippen molar-refractivity contribution in [2.75, 3.05) is 25.6 Å². The molecule has 202 valence electrons. The number of aromatic nitrogens is 2. The van der Waals surface area contributed by atoms with Gasteiger partial charge >= 0.3 is 0 Å². The van der Waals surface area contributed by atoms with E-state index in [2.05, 4.69) is 11.9 Å². The van der Waals surface area contributed by atoms with Crippen LogP contribution < -0.4 is 5.73 Å². The van der Waals surface area contributed by atoms with E-state index in [9.17, 15) is 4.79 Å². The number of pyridine rings is 1. The summed E-state index contributed by atoms with van der Waals surface area (Å²) in [5.74, 6) is 1.01. The van der Waals surface area contributed by atoms with Crippen LogP contribution in [0.5, 0.6) is 0 Å². The van der Waals surface area contributed by atoms with E-state index in [1.807, 2.05) is 77.3 Å². The first-order valence-corrected chi connectivity index (χ1v) is 15.8. The molecular weight excluding hydrogens is 517 g/mol. The Hall–Kier alpha value is -2.42. The highest BCUT2D eigenvalue weighted by Crippen LogP contribution is 2.45. The maximum absolute atomic E-state index is 12.5. The lowest BCUT2D eigenvalue weighted by atomic mass is 9.99. The van der Waals surface area contributed by atoms with Crippen LogP contribution in [0, 0.1) is 0 Å². The van der Waals surface area contributed by atoms with E-state index >= 15 is 0 Å². The summed E-state index contributed by atoms with van der Waals surface area (Å²) in [4.78, 5) is 24.4. The van der Waals surface area contributed by atoms with Crippen LogP contribution in [0.4, 0.5) is 5.69 Å². The normalized spacial score (nSPS) is 9.86. The lowest BCUT2D eigenvalue weighted by Crippen LogP contribution is -2.21. The van der Waals surface area contributed by atoms with Gasteiger partial charge in [-0.15, -0.1) is 34.4 Å². The van der Waals surface area contributed by atoms with Crippen LogP contribution in [0.3, 0.4) is 0 Å². The number of unbranched alkanes of at least 4 members (excludes halogenated alkanes) is 1. The summed E-state index contributed by atoms with van der Waals surface area (Å²) < 4.78 is 1.11. The van der Waals surface area contributed by atoms with E-state index in [1.165, 1.54) is 0 Å². The largest absolute Gasteiger partial charge is 0.397 e. The van der Waals surface area contributed by atoms with Crippen molar-refractivity contribution < 1.29 is 4.79 Å². The number of carbonyl (C=O) groups is 1. The van der Waals surface area contributed by atoms with Crippen LogP contribution in [0.2, 0.25) is 0 Å². The maximum Gasteiger partial charge on any atom is 0.253 e. The van der Waals surface area contributed by atoms with E-state index in [4.69, 9.17) is 10.7 Å². The summed E-state index contributed by atoms with van der Waals surface area (Å²) >= 11 is 5.00. The van der Waals surface area contributed by atoms with Crippen molar-refractivity contribution in [3.63, 3.8) is 0 Å². The molecule has 0 aliphatic carbocycles. The molecule has 0 saturated carbocycles. The van der Waals surface area contributed by atoms with Gasteiger partial charge in [0.1, 0.15) is 15.5 Å². The quantitative estimate of drug-likeness (QED) is 0.181. The first kappa shape index (κ1) is 32.6. The third-order valence-electron chi connectivity index (χ3n) is 4.87. The minimum Gasteiger partial charge on any atom is -0.397 e. The second-order valence-electron chi connectivity index (χ2n) is 7.36. The molecule has 0 aliphatic rings. The predicted molar refractivity (Wildman–Crippen MR) is 168 cm³/mol. The van der Waals surface area contributed by atoms with Crippen molar-refractivity contribution in [3.05, 3.63) is 47.5 Å². The van der Waals surface area contributed by atoms with Crippen LogP contribution in [0.25, 0.3) is 32.0 Å². The van der Waals surface area contributed by atoms with Gasteiger partial charge in [0, 0.05) is 36.6 Å². The van der Waals surface area contributed by atoms with Crippen molar-refractivity contribution in [2.24, 2.45) is 0 Å². The van der Waals surface area contributed by atoms with E-state index in [0.29, 0.717) is 5.56 Å². The average Bonchev–Trinajstić information content (AvgIpc) is 3.60. The summed E-state index contributed by atoms with van der Waals surface area (Å²) in [7, 11) is 3.52. The summed E-state index contributed by atoms with van der Waals surface area (Å²) in [5, 5.41) is 3.78. The van der Waals surface area contributed by atoms with Crippen LogP contribution >= 0.6 is 34.4 Å². The van der Waals surface area contributed by atoms with Gasteiger partial charge < -0.3 is 10.6 Å². The molecule has 0 spiro atoms. The van der Waals surface area contributed by atoms with E-state index < -0.39 is 0 Å². The number of nitrogens with two attached hydrogens (primary N) is 1. The number of benzene rings is 1. The smallest absolute Gasteiger partial charge is 0.253 e. The third kappa shape index (κ3) is 8.28. The molecule has 0 unspecified atom stereocenters. The van der Waals surface area contributed by atoms with Gasteiger partial charge in [-0.1, -0.05) is 67.0 Å². The van der Waals surface area contributed by atoms with Gasteiger partial charge in [-0.3, -0.25) is 4.79 Å². The molecule has 0 bridgehead atoms. The zero-order chi connectivity index (χ0) is 28.0. The molecule has 5 nitrogen and oxygen atoms in total. The molecule has 3 aromatic heterocycles. The molecule has 0 saturated heterocycles. The number of nitrogen functional groups attached to an aromatic ring is 1. The van der Waals surface area contributed by atoms with E-state index in [0.717, 1.165) is 60.5 Å². The average molecular weight is 559 g/mol. The molecule has 4 aromatic rings. The van der Waals surface area contributed by atoms with E-state index in [-0.39, 0.29) is 5.91 Å². The number of rotatable bonds is 7. The zero-order valence-corrected chi connectivity index (χ0v) is 26.2. The number of thiophene rings is 1. The highest BCUT2D eigenvalue weighted by Gasteiger charge is 2.19. The molecule has 0 fully saturated rings. The second-order valence-corrected chi connectivity index (χ2v) is 10.6. The number of anilines is 1. The lowest BCUT2D eigenvalue weighted by molar-refractivity contribution is 0.0827.